The predicted octanol–water partition coefficient (Wildman–Crippen LogP) is 3.55. The van der Waals surface area contributed by atoms with E-state index in [-0.39, 0.29) is 0 Å². The van der Waals surface area contributed by atoms with Gasteiger partial charge in [-0.1, -0.05) is 15.9 Å². The van der Waals surface area contributed by atoms with Crippen molar-refractivity contribution in [2.75, 3.05) is 4.72 Å². The summed E-state index contributed by atoms with van der Waals surface area (Å²) in [5, 5.41) is -0.637. The van der Waals surface area contributed by atoms with Crippen LogP contribution in [0.3, 0.4) is 0 Å². The molecule has 0 spiro atoms. The second-order valence-corrected chi connectivity index (χ2v) is 6.89. The molecular formula is C11H7Br2FN2O2S. The van der Waals surface area contributed by atoms with Gasteiger partial charge in [0.2, 0.25) is 5.03 Å². The fourth-order valence-corrected chi connectivity index (χ4v) is 3.26. The van der Waals surface area contributed by atoms with Crippen LogP contribution in [0.15, 0.2) is 50.5 Å². The number of pyridine rings is 1. The first-order chi connectivity index (χ1) is 8.90. The van der Waals surface area contributed by atoms with Gasteiger partial charge < -0.3 is 0 Å². The molecule has 1 aromatic carbocycles. The van der Waals surface area contributed by atoms with E-state index >= 15 is 0 Å². The minimum absolute atomic E-state index is 0.291. The first kappa shape index (κ1) is 14.4. The van der Waals surface area contributed by atoms with Gasteiger partial charge in [0.25, 0.3) is 10.0 Å². The molecule has 1 aromatic heterocycles. The highest BCUT2D eigenvalue weighted by Crippen LogP contribution is 2.28. The zero-order valence-electron chi connectivity index (χ0n) is 9.27. The summed E-state index contributed by atoms with van der Waals surface area (Å²) in [7, 11) is -4.07. The van der Waals surface area contributed by atoms with E-state index in [1.54, 1.807) is 18.2 Å². The maximum atomic E-state index is 13.5. The van der Waals surface area contributed by atoms with Gasteiger partial charge >= 0.3 is 0 Å². The quantitative estimate of drug-likeness (QED) is 0.843. The molecule has 0 aliphatic rings. The Morgan fingerprint density at radius 1 is 1.21 bits per heavy atom. The van der Waals surface area contributed by atoms with Crippen molar-refractivity contribution in [1.29, 1.82) is 0 Å². The molecule has 0 radical (unpaired) electrons. The maximum Gasteiger partial charge on any atom is 0.282 e. The van der Waals surface area contributed by atoms with Gasteiger partial charge in [0.1, 0.15) is 0 Å². The van der Waals surface area contributed by atoms with Gasteiger partial charge in [0, 0.05) is 15.1 Å². The van der Waals surface area contributed by atoms with E-state index in [1.807, 2.05) is 0 Å². The summed E-state index contributed by atoms with van der Waals surface area (Å²) in [5.74, 6) is -0.902. The number of halogens is 3. The largest absolute Gasteiger partial charge is 0.282 e. The van der Waals surface area contributed by atoms with Gasteiger partial charge in [0.15, 0.2) is 5.82 Å². The SMILES string of the molecule is O=S(=O)(Nc1cc(Br)ccc1Br)c1ncccc1F. The first-order valence-electron chi connectivity index (χ1n) is 4.98. The van der Waals surface area contributed by atoms with Gasteiger partial charge in [-0.15, -0.1) is 0 Å². The molecular weight excluding hydrogens is 403 g/mol. The van der Waals surface area contributed by atoms with E-state index in [0.717, 1.165) is 6.07 Å². The van der Waals surface area contributed by atoms with E-state index in [9.17, 15) is 12.8 Å². The smallest absolute Gasteiger partial charge is 0.277 e. The van der Waals surface area contributed by atoms with Gasteiger partial charge in [-0.25, -0.2) is 9.37 Å². The Labute approximate surface area is 126 Å². The Hall–Kier alpha value is -0.990. The molecule has 2 rings (SSSR count). The van der Waals surface area contributed by atoms with Gasteiger partial charge in [0.05, 0.1) is 5.69 Å². The number of benzene rings is 1. The van der Waals surface area contributed by atoms with Crippen LogP contribution in [0.25, 0.3) is 0 Å². The fourth-order valence-electron chi connectivity index (χ4n) is 1.34. The van der Waals surface area contributed by atoms with Crippen molar-refractivity contribution in [2.45, 2.75) is 5.03 Å². The lowest BCUT2D eigenvalue weighted by molar-refractivity contribution is 0.557. The van der Waals surface area contributed by atoms with Crippen LogP contribution in [0.5, 0.6) is 0 Å². The third-order valence-corrected chi connectivity index (χ3v) is 4.63. The van der Waals surface area contributed by atoms with E-state index in [1.165, 1.54) is 12.3 Å². The molecule has 0 atom stereocenters. The molecule has 0 aliphatic heterocycles. The number of rotatable bonds is 3. The van der Waals surface area contributed by atoms with Crippen molar-refractivity contribution >= 4 is 47.6 Å². The lowest BCUT2D eigenvalue weighted by atomic mass is 10.3. The molecule has 0 fully saturated rings. The summed E-state index contributed by atoms with van der Waals surface area (Å²) in [6.07, 6.45) is 1.22. The Balaban J connectivity index is 2.43. The van der Waals surface area contributed by atoms with E-state index < -0.39 is 20.9 Å². The molecule has 0 bridgehead atoms. The summed E-state index contributed by atoms with van der Waals surface area (Å²) in [6, 6.07) is 7.32. The van der Waals surface area contributed by atoms with Crippen molar-refractivity contribution in [1.82, 2.24) is 4.98 Å². The van der Waals surface area contributed by atoms with E-state index in [2.05, 4.69) is 41.6 Å². The third-order valence-electron chi connectivity index (χ3n) is 2.15. The Bertz CT molecular complexity index is 722. The summed E-state index contributed by atoms with van der Waals surface area (Å²) >= 11 is 6.44. The van der Waals surface area contributed by atoms with Crippen LogP contribution in [-0.4, -0.2) is 13.4 Å². The highest BCUT2D eigenvalue weighted by atomic mass is 79.9. The van der Waals surface area contributed by atoms with Crippen LogP contribution in [-0.2, 0) is 10.0 Å². The molecule has 0 saturated heterocycles. The molecule has 8 heteroatoms. The van der Waals surface area contributed by atoms with Crippen LogP contribution >= 0.6 is 31.9 Å². The van der Waals surface area contributed by atoms with Crippen molar-refractivity contribution in [3.63, 3.8) is 0 Å². The summed E-state index contributed by atoms with van der Waals surface area (Å²) in [5.41, 5.74) is 0.291. The van der Waals surface area contributed by atoms with Crippen LogP contribution < -0.4 is 4.72 Å². The molecule has 0 unspecified atom stereocenters. The monoisotopic (exact) mass is 408 g/mol. The average molecular weight is 410 g/mol. The Morgan fingerprint density at radius 3 is 2.63 bits per heavy atom. The summed E-state index contributed by atoms with van der Waals surface area (Å²) in [4.78, 5) is 3.55. The average Bonchev–Trinajstić information content (AvgIpc) is 2.34. The lowest BCUT2D eigenvalue weighted by Crippen LogP contribution is -2.16. The molecule has 100 valence electrons. The molecule has 4 nitrogen and oxygen atoms in total. The molecule has 1 N–H and O–H groups in total. The predicted molar refractivity (Wildman–Crippen MR) is 76.8 cm³/mol. The maximum absolute atomic E-state index is 13.5. The number of sulfonamides is 1. The van der Waals surface area contributed by atoms with Crippen LogP contribution in [0.2, 0.25) is 0 Å². The topological polar surface area (TPSA) is 59.1 Å². The molecule has 0 aliphatic carbocycles. The summed E-state index contributed by atoms with van der Waals surface area (Å²) < 4.78 is 41.0. The number of hydrogen-bond donors (Lipinski definition) is 1. The first-order valence-corrected chi connectivity index (χ1v) is 8.05. The zero-order chi connectivity index (χ0) is 14.0. The second kappa shape index (κ2) is 5.56. The third kappa shape index (κ3) is 3.31. The van der Waals surface area contributed by atoms with Crippen LogP contribution in [0.1, 0.15) is 0 Å². The summed E-state index contributed by atoms with van der Waals surface area (Å²) in [6.45, 7) is 0. The Kier molecular flexibility index (Phi) is 4.22. The highest BCUT2D eigenvalue weighted by molar-refractivity contribution is 9.11. The van der Waals surface area contributed by atoms with E-state index in [0.29, 0.717) is 14.6 Å². The van der Waals surface area contributed by atoms with Crippen molar-refractivity contribution in [3.8, 4) is 0 Å². The van der Waals surface area contributed by atoms with Crippen molar-refractivity contribution in [2.24, 2.45) is 0 Å². The second-order valence-electron chi connectivity index (χ2n) is 3.52. The van der Waals surface area contributed by atoms with Crippen molar-refractivity contribution in [3.05, 3.63) is 51.3 Å². The molecule has 0 amide bonds. The molecule has 19 heavy (non-hydrogen) atoms. The molecule has 0 saturated carbocycles. The van der Waals surface area contributed by atoms with E-state index in [4.69, 9.17) is 0 Å². The number of nitrogens with one attached hydrogen (secondary N) is 1. The molecule has 2 aromatic rings. The van der Waals surface area contributed by atoms with Crippen LogP contribution in [0, 0.1) is 5.82 Å². The number of nitrogens with zero attached hydrogens (tertiary/aromatic N) is 1. The lowest BCUT2D eigenvalue weighted by Gasteiger charge is -2.09. The van der Waals surface area contributed by atoms with Gasteiger partial charge in [-0.3, -0.25) is 4.72 Å². The highest BCUT2D eigenvalue weighted by Gasteiger charge is 2.21. The number of aromatic nitrogens is 1. The fraction of sp³-hybridized carbons (Fsp3) is 0. The zero-order valence-corrected chi connectivity index (χ0v) is 13.3. The minimum Gasteiger partial charge on any atom is -0.277 e. The van der Waals surface area contributed by atoms with Gasteiger partial charge in [-0.2, -0.15) is 8.42 Å². The van der Waals surface area contributed by atoms with Crippen LogP contribution in [0.4, 0.5) is 10.1 Å². The Morgan fingerprint density at radius 2 is 1.95 bits per heavy atom. The minimum atomic E-state index is -4.07. The standard InChI is InChI=1S/C11H7Br2FN2O2S/c12-7-3-4-8(13)10(6-7)16-19(17,18)11-9(14)2-1-5-15-11/h1-6,16H. The number of anilines is 1. The number of hydrogen-bond acceptors (Lipinski definition) is 3. The van der Waals surface area contributed by atoms with Crippen molar-refractivity contribution < 1.29 is 12.8 Å². The normalized spacial score (nSPS) is 11.3. The molecule has 1 heterocycles. The van der Waals surface area contributed by atoms with Gasteiger partial charge in [-0.05, 0) is 46.3 Å².